The van der Waals surface area contributed by atoms with E-state index in [0.717, 1.165) is 35.2 Å². The fourth-order valence-corrected chi connectivity index (χ4v) is 3.99. The molecule has 168 valence electrons. The average molecular weight is 441 g/mol. The maximum atomic E-state index is 13.6. The number of carbonyl (C=O) groups excluding carboxylic acids is 1. The number of benzene rings is 3. The van der Waals surface area contributed by atoms with Gasteiger partial charge in [0.2, 0.25) is 0 Å². The van der Waals surface area contributed by atoms with Crippen LogP contribution in [-0.4, -0.2) is 21.9 Å². The predicted molar refractivity (Wildman–Crippen MR) is 131 cm³/mol. The first-order valence-electron chi connectivity index (χ1n) is 11.5. The minimum Gasteiger partial charge on any atom is -0.345 e. The van der Waals surface area contributed by atoms with Crippen LogP contribution in [0.2, 0.25) is 0 Å². The molecule has 4 rings (SSSR count). The third-order valence-electron chi connectivity index (χ3n) is 5.83. The standard InChI is InChI=1S/C29H29FN2O/c1-2-3-18-32(22-28-13-8-19-31(28)21-23-9-7-12-27(30)20-23)29(33)26-16-14-25(15-17-26)24-10-5-4-6-11-24/h4-17,19-20H,2-3,18,21-22H2,1H3. The maximum absolute atomic E-state index is 13.6. The molecule has 1 aromatic heterocycles. The molecule has 3 nitrogen and oxygen atoms in total. The van der Waals surface area contributed by atoms with Crippen LogP contribution >= 0.6 is 0 Å². The quantitative estimate of drug-likeness (QED) is 0.281. The van der Waals surface area contributed by atoms with Crippen LogP contribution in [0.25, 0.3) is 11.1 Å². The molecule has 0 atom stereocenters. The number of amides is 1. The van der Waals surface area contributed by atoms with Crippen LogP contribution in [0.1, 0.15) is 41.4 Å². The van der Waals surface area contributed by atoms with Gasteiger partial charge in [-0.25, -0.2) is 4.39 Å². The van der Waals surface area contributed by atoms with Crippen molar-refractivity contribution >= 4 is 5.91 Å². The lowest BCUT2D eigenvalue weighted by Gasteiger charge is -2.24. The smallest absolute Gasteiger partial charge is 0.254 e. The zero-order chi connectivity index (χ0) is 23.0. The van der Waals surface area contributed by atoms with Gasteiger partial charge in [0.15, 0.2) is 0 Å². The molecule has 0 spiro atoms. The first-order chi connectivity index (χ1) is 16.1. The van der Waals surface area contributed by atoms with Crippen LogP contribution in [0, 0.1) is 5.82 Å². The van der Waals surface area contributed by atoms with Gasteiger partial charge in [-0.3, -0.25) is 4.79 Å². The van der Waals surface area contributed by atoms with E-state index < -0.39 is 0 Å². The van der Waals surface area contributed by atoms with Crippen molar-refractivity contribution in [1.82, 2.24) is 9.47 Å². The van der Waals surface area contributed by atoms with Crippen molar-refractivity contribution in [1.29, 1.82) is 0 Å². The van der Waals surface area contributed by atoms with Gasteiger partial charge < -0.3 is 9.47 Å². The third kappa shape index (κ3) is 5.78. The summed E-state index contributed by atoms with van der Waals surface area (Å²) in [5, 5.41) is 0. The zero-order valence-electron chi connectivity index (χ0n) is 19.0. The summed E-state index contributed by atoms with van der Waals surface area (Å²) < 4.78 is 15.7. The van der Waals surface area contributed by atoms with Crippen LogP contribution in [0.15, 0.2) is 97.2 Å². The average Bonchev–Trinajstić information content (AvgIpc) is 3.28. The molecule has 0 N–H and O–H groups in total. The highest BCUT2D eigenvalue weighted by Gasteiger charge is 2.17. The molecule has 0 aliphatic heterocycles. The Labute approximate surface area is 195 Å². The molecule has 0 fully saturated rings. The normalized spacial score (nSPS) is 10.8. The molecular formula is C29H29FN2O. The number of carbonyl (C=O) groups is 1. The lowest BCUT2D eigenvalue weighted by atomic mass is 10.0. The minimum atomic E-state index is -0.236. The number of rotatable bonds is 9. The molecule has 0 aliphatic carbocycles. The summed E-state index contributed by atoms with van der Waals surface area (Å²) in [5.41, 5.74) is 4.85. The van der Waals surface area contributed by atoms with Gasteiger partial charge in [-0.05, 0) is 59.5 Å². The molecule has 0 bridgehead atoms. The molecular weight excluding hydrogens is 411 g/mol. The second kappa shape index (κ2) is 10.8. The predicted octanol–water partition coefficient (Wildman–Crippen LogP) is 6.79. The van der Waals surface area contributed by atoms with Crippen LogP contribution < -0.4 is 0 Å². The van der Waals surface area contributed by atoms with E-state index in [-0.39, 0.29) is 11.7 Å². The van der Waals surface area contributed by atoms with Gasteiger partial charge in [-0.2, -0.15) is 0 Å². The summed E-state index contributed by atoms with van der Waals surface area (Å²) >= 11 is 0. The van der Waals surface area contributed by atoms with E-state index in [4.69, 9.17) is 0 Å². The third-order valence-corrected chi connectivity index (χ3v) is 5.83. The first kappa shape index (κ1) is 22.5. The van der Waals surface area contributed by atoms with E-state index in [0.29, 0.717) is 25.2 Å². The molecule has 0 saturated carbocycles. The highest BCUT2D eigenvalue weighted by Crippen LogP contribution is 2.21. The van der Waals surface area contributed by atoms with Gasteiger partial charge in [-0.15, -0.1) is 0 Å². The molecule has 4 heteroatoms. The number of nitrogens with zero attached hydrogens (tertiary/aromatic N) is 2. The largest absolute Gasteiger partial charge is 0.345 e. The molecule has 1 heterocycles. The van der Waals surface area contributed by atoms with Crippen molar-refractivity contribution in [3.63, 3.8) is 0 Å². The SMILES string of the molecule is CCCCN(Cc1cccn1Cc1cccc(F)c1)C(=O)c1ccc(-c2ccccc2)cc1. The van der Waals surface area contributed by atoms with Crippen molar-refractivity contribution in [2.75, 3.05) is 6.54 Å². The second-order valence-corrected chi connectivity index (χ2v) is 8.28. The Morgan fingerprint density at radius 1 is 0.879 bits per heavy atom. The summed E-state index contributed by atoms with van der Waals surface area (Å²) in [6, 6.07) is 28.7. The van der Waals surface area contributed by atoms with Crippen molar-refractivity contribution in [2.24, 2.45) is 0 Å². The van der Waals surface area contributed by atoms with Crippen molar-refractivity contribution < 1.29 is 9.18 Å². The molecule has 0 aliphatic rings. The molecule has 3 aromatic carbocycles. The van der Waals surface area contributed by atoms with Gasteiger partial charge in [-0.1, -0.05) is 67.9 Å². The van der Waals surface area contributed by atoms with Crippen molar-refractivity contribution in [3.05, 3.63) is 120 Å². The number of unbranched alkanes of at least 4 members (excludes halogenated alkanes) is 1. The van der Waals surface area contributed by atoms with Gasteiger partial charge in [0.05, 0.1) is 6.54 Å². The highest BCUT2D eigenvalue weighted by atomic mass is 19.1. The lowest BCUT2D eigenvalue weighted by Crippen LogP contribution is -2.32. The van der Waals surface area contributed by atoms with E-state index in [9.17, 15) is 9.18 Å². The Bertz CT molecular complexity index is 1180. The van der Waals surface area contributed by atoms with Gasteiger partial charge >= 0.3 is 0 Å². The fourth-order valence-electron chi connectivity index (χ4n) is 3.99. The highest BCUT2D eigenvalue weighted by molar-refractivity contribution is 5.94. The van der Waals surface area contributed by atoms with Crippen LogP contribution in [-0.2, 0) is 13.1 Å². The Kier molecular flexibility index (Phi) is 7.36. The van der Waals surface area contributed by atoms with E-state index in [1.165, 1.54) is 6.07 Å². The van der Waals surface area contributed by atoms with Gasteiger partial charge in [0.1, 0.15) is 5.82 Å². The van der Waals surface area contributed by atoms with Crippen LogP contribution in [0.4, 0.5) is 4.39 Å². The minimum absolute atomic E-state index is 0.0292. The molecule has 0 saturated heterocycles. The Balaban J connectivity index is 1.52. The topological polar surface area (TPSA) is 25.2 Å². The number of hydrogen-bond donors (Lipinski definition) is 0. The van der Waals surface area contributed by atoms with E-state index in [2.05, 4.69) is 23.6 Å². The Morgan fingerprint density at radius 2 is 1.64 bits per heavy atom. The summed E-state index contributed by atoms with van der Waals surface area (Å²) in [6.45, 7) is 3.91. The molecule has 0 unspecified atom stereocenters. The summed E-state index contributed by atoms with van der Waals surface area (Å²) in [7, 11) is 0. The van der Waals surface area contributed by atoms with Crippen LogP contribution in [0.3, 0.4) is 0 Å². The number of hydrogen-bond acceptors (Lipinski definition) is 1. The van der Waals surface area contributed by atoms with Crippen molar-refractivity contribution in [2.45, 2.75) is 32.9 Å². The fraction of sp³-hybridized carbons (Fsp3) is 0.207. The molecule has 4 aromatic rings. The maximum Gasteiger partial charge on any atom is 0.254 e. The summed E-state index contributed by atoms with van der Waals surface area (Å²) in [4.78, 5) is 15.3. The monoisotopic (exact) mass is 440 g/mol. The first-order valence-corrected chi connectivity index (χ1v) is 11.5. The molecule has 1 amide bonds. The molecule has 33 heavy (non-hydrogen) atoms. The van der Waals surface area contributed by atoms with E-state index in [1.54, 1.807) is 12.1 Å². The van der Waals surface area contributed by atoms with Crippen molar-refractivity contribution in [3.8, 4) is 11.1 Å². The van der Waals surface area contributed by atoms with Gasteiger partial charge in [0, 0.05) is 30.5 Å². The number of aromatic nitrogens is 1. The zero-order valence-corrected chi connectivity index (χ0v) is 19.0. The summed E-state index contributed by atoms with van der Waals surface area (Å²) in [5.74, 6) is -0.207. The summed E-state index contributed by atoms with van der Waals surface area (Å²) in [6.07, 6.45) is 3.94. The van der Waals surface area contributed by atoms with Gasteiger partial charge in [0.25, 0.3) is 5.91 Å². The second-order valence-electron chi connectivity index (χ2n) is 8.28. The lowest BCUT2D eigenvalue weighted by molar-refractivity contribution is 0.0737. The number of halogens is 1. The van der Waals surface area contributed by atoms with E-state index in [1.807, 2.05) is 71.8 Å². The molecule has 0 radical (unpaired) electrons. The van der Waals surface area contributed by atoms with E-state index >= 15 is 0 Å². The Morgan fingerprint density at radius 3 is 2.36 bits per heavy atom. The Hall–Kier alpha value is -3.66. The van der Waals surface area contributed by atoms with Crippen LogP contribution in [0.5, 0.6) is 0 Å².